The summed E-state index contributed by atoms with van der Waals surface area (Å²) in [5.41, 5.74) is 1.63. The lowest BCUT2D eigenvalue weighted by Gasteiger charge is -2.37. The number of carbonyl (C=O) groups is 1. The Labute approximate surface area is 136 Å². The van der Waals surface area contributed by atoms with Crippen LogP contribution in [-0.4, -0.2) is 49.4 Å². The molecule has 2 fully saturated rings. The Balaban J connectivity index is 1.42. The van der Waals surface area contributed by atoms with Crippen molar-refractivity contribution < 1.29 is 14.3 Å². The van der Waals surface area contributed by atoms with Crippen molar-refractivity contribution in [3.05, 3.63) is 35.4 Å². The first kappa shape index (κ1) is 15.9. The summed E-state index contributed by atoms with van der Waals surface area (Å²) >= 11 is 0. The van der Waals surface area contributed by atoms with Crippen molar-refractivity contribution in [2.45, 2.75) is 25.2 Å². The Kier molecular flexibility index (Phi) is 4.91. The van der Waals surface area contributed by atoms with Crippen molar-refractivity contribution in [1.82, 2.24) is 10.2 Å². The second-order valence-electron chi connectivity index (χ2n) is 5.90. The molecule has 2 aliphatic heterocycles. The fraction of sp³-hybridized carbons (Fsp3) is 0.529. The predicted octanol–water partition coefficient (Wildman–Crippen LogP) is 1.01. The van der Waals surface area contributed by atoms with Crippen molar-refractivity contribution in [2.24, 2.45) is 0 Å². The Morgan fingerprint density at radius 3 is 2.74 bits per heavy atom. The molecule has 6 nitrogen and oxygen atoms in total. The molecular formula is C17H21N3O3. The van der Waals surface area contributed by atoms with Gasteiger partial charge in [0.25, 0.3) is 0 Å². The zero-order valence-corrected chi connectivity index (χ0v) is 13.1. The van der Waals surface area contributed by atoms with Crippen LogP contribution in [0, 0.1) is 11.3 Å². The third-order valence-electron chi connectivity index (χ3n) is 4.35. The highest BCUT2D eigenvalue weighted by molar-refractivity contribution is 5.78. The van der Waals surface area contributed by atoms with Crippen molar-refractivity contribution in [2.75, 3.05) is 32.8 Å². The van der Waals surface area contributed by atoms with E-state index < -0.39 is 5.79 Å². The minimum Gasteiger partial charge on any atom is -0.347 e. The van der Waals surface area contributed by atoms with E-state index in [9.17, 15) is 4.79 Å². The number of hydrogen-bond acceptors (Lipinski definition) is 5. The topological polar surface area (TPSA) is 74.6 Å². The maximum absolute atomic E-state index is 12.2. The number of ether oxygens (including phenoxy) is 2. The molecule has 1 aromatic carbocycles. The molecule has 0 bridgehead atoms. The summed E-state index contributed by atoms with van der Waals surface area (Å²) in [6, 6.07) is 9.51. The molecule has 2 saturated heterocycles. The number of likely N-dealkylation sites (tertiary alicyclic amines) is 1. The second kappa shape index (κ2) is 7.09. The molecule has 3 rings (SSSR count). The van der Waals surface area contributed by atoms with Gasteiger partial charge in [0.2, 0.25) is 5.91 Å². The highest BCUT2D eigenvalue weighted by atomic mass is 16.7. The molecule has 0 aliphatic carbocycles. The minimum absolute atomic E-state index is 0.0919. The summed E-state index contributed by atoms with van der Waals surface area (Å²) in [4.78, 5) is 14.1. The third-order valence-corrected chi connectivity index (χ3v) is 4.35. The molecular weight excluding hydrogens is 294 g/mol. The first-order chi connectivity index (χ1) is 11.2. The Morgan fingerprint density at radius 1 is 1.30 bits per heavy atom. The van der Waals surface area contributed by atoms with E-state index in [0.29, 0.717) is 45.0 Å². The van der Waals surface area contributed by atoms with E-state index in [1.807, 2.05) is 23.1 Å². The van der Waals surface area contributed by atoms with Gasteiger partial charge in [-0.05, 0) is 17.7 Å². The fourth-order valence-electron chi connectivity index (χ4n) is 3.06. The highest BCUT2D eigenvalue weighted by Gasteiger charge is 2.40. The van der Waals surface area contributed by atoms with E-state index in [0.717, 1.165) is 18.4 Å². The van der Waals surface area contributed by atoms with Crippen LogP contribution in [0.4, 0.5) is 0 Å². The van der Waals surface area contributed by atoms with Gasteiger partial charge in [-0.2, -0.15) is 5.26 Å². The number of carbonyl (C=O) groups excluding carboxylic acids is 1. The van der Waals surface area contributed by atoms with Crippen LogP contribution in [0.25, 0.3) is 0 Å². The van der Waals surface area contributed by atoms with E-state index in [1.54, 1.807) is 6.07 Å². The van der Waals surface area contributed by atoms with Crippen LogP contribution < -0.4 is 5.32 Å². The lowest BCUT2D eigenvalue weighted by atomic mass is 10.0. The predicted molar refractivity (Wildman–Crippen MR) is 83.3 cm³/mol. The highest BCUT2D eigenvalue weighted by Crippen LogP contribution is 2.31. The molecule has 6 heteroatoms. The summed E-state index contributed by atoms with van der Waals surface area (Å²) in [5.74, 6) is -0.351. The van der Waals surface area contributed by atoms with Crippen LogP contribution in [0.1, 0.15) is 24.0 Å². The van der Waals surface area contributed by atoms with Gasteiger partial charge in [0.15, 0.2) is 5.79 Å². The number of nitrogens with one attached hydrogen (secondary N) is 1. The number of hydrogen-bond donors (Lipinski definition) is 1. The van der Waals surface area contributed by atoms with Gasteiger partial charge in [0.05, 0.1) is 31.4 Å². The SMILES string of the molecule is N#Cc1cccc(CNCC(=O)N2CCC3(CC2)OCCO3)c1. The molecule has 0 atom stereocenters. The summed E-state index contributed by atoms with van der Waals surface area (Å²) in [5, 5.41) is 12.0. The molecule has 1 aromatic rings. The van der Waals surface area contributed by atoms with Gasteiger partial charge in [0.1, 0.15) is 0 Å². The van der Waals surface area contributed by atoms with Gasteiger partial charge >= 0.3 is 0 Å². The molecule has 1 spiro atoms. The third kappa shape index (κ3) is 3.88. The number of benzene rings is 1. The zero-order valence-electron chi connectivity index (χ0n) is 13.1. The first-order valence-electron chi connectivity index (χ1n) is 7.96. The molecule has 2 heterocycles. The minimum atomic E-state index is -0.443. The van der Waals surface area contributed by atoms with Gasteiger partial charge in [-0.3, -0.25) is 4.79 Å². The normalized spacial score (nSPS) is 19.7. The molecule has 1 amide bonds. The molecule has 23 heavy (non-hydrogen) atoms. The Morgan fingerprint density at radius 2 is 2.04 bits per heavy atom. The fourth-order valence-corrected chi connectivity index (χ4v) is 3.06. The van der Waals surface area contributed by atoms with E-state index in [4.69, 9.17) is 14.7 Å². The molecule has 0 unspecified atom stereocenters. The van der Waals surface area contributed by atoms with Crippen LogP contribution in [0.3, 0.4) is 0 Å². The summed E-state index contributed by atoms with van der Waals surface area (Å²) in [6.45, 7) is 3.51. The van der Waals surface area contributed by atoms with Crippen LogP contribution in [0.15, 0.2) is 24.3 Å². The number of piperidine rings is 1. The van der Waals surface area contributed by atoms with E-state index in [-0.39, 0.29) is 5.91 Å². The van der Waals surface area contributed by atoms with E-state index in [2.05, 4.69) is 11.4 Å². The van der Waals surface area contributed by atoms with Gasteiger partial charge in [-0.1, -0.05) is 12.1 Å². The standard InChI is InChI=1S/C17H21N3O3/c18-11-14-2-1-3-15(10-14)12-19-13-16(21)20-6-4-17(5-7-20)22-8-9-23-17/h1-3,10,19H,4-9,12-13H2. The Hall–Kier alpha value is -1.94. The quantitative estimate of drug-likeness (QED) is 0.898. The average Bonchev–Trinajstić information content (AvgIpc) is 3.03. The number of nitrogens with zero attached hydrogens (tertiary/aromatic N) is 2. The number of amides is 1. The maximum Gasteiger partial charge on any atom is 0.236 e. The van der Waals surface area contributed by atoms with Gasteiger partial charge in [-0.25, -0.2) is 0 Å². The monoisotopic (exact) mass is 315 g/mol. The molecule has 0 aromatic heterocycles. The van der Waals surface area contributed by atoms with Gasteiger partial charge in [0, 0.05) is 32.5 Å². The van der Waals surface area contributed by atoms with Crippen LogP contribution in [0.2, 0.25) is 0 Å². The van der Waals surface area contributed by atoms with Crippen LogP contribution >= 0.6 is 0 Å². The van der Waals surface area contributed by atoms with Gasteiger partial charge < -0.3 is 19.7 Å². The second-order valence-corrected chi connectivity index (χ2v) is 5.90. The zero-order chi connectivity index (χ0) is 16.1. The van der Waals surface area contributed by atoms with Crippen molar-refractivity contribution in [3.8, 4) is 6.07 Å². The summed E-state index contributed by atoms with van der Waals surface area (Å²) < 4.78 is 11.3. The summed E-state index contributed by atoms with van der Waals surface area (Å²) in [6.07, 6.45) is 1.48. The molecule has 0 radical (unpaired) electrons. The number of rotatable bonds is 4. The van der Waals surface area contributed by atoms with Crippen LogP contribution in [-0.2, 0) is 20.8 Å². The average molecular weight is 315 g/mol. The summed E-state index contributed by atoms with van der Waals surface area (Å²) in [7, 11) is 0. The van der Waals surface area contributed by atoms with Crippen LogP contribution in [0.5, 0.6) is 0 Å². The van der Waals surface area contributed by atoms with Crippen molar-refractivity contribution >= 4 is 5.91 Å². The molecule has 2 aliphatic rings. The Bertz CT molecular complexity index is 595. The molecule has 0 saturated carbocycles. The molecule has 1 N–H and O–H groups in total. The van der Waals surface area contributed by atoms with E-state index in [1.165, 1.54) is 0 Å². The lowest BCUT2D eigenvalue weighted by Crippen LogP contribution is -2.49. The largest absolute Gasteiger partial charge is 0.347 e. The molecule has 122 valence electrons. The maximum atomic E-state index is 12.2. The lowest BCUT2D eigenvalue weighted by molar-refractivity contribution is -0.187. The number of nitriles is 1. The first-order valence-corrected chi connectivity index (χ1v) is 7.96. The smallest absolute Gasteiger partial charge is 0.236 e. The van der Waals surface area contributed by atoms with Gasteiger partial charge in [-0.15, -0.1) is 0 Å². The van der Waals surface area contributed by atoms with Crippen molar-refractivity contribution in [3.63, 3.8) is 0 Å². The van der Waals surface area contributed by atoms with E-state index >= 15 is 0 Å². The van der Waals surface area contributed by atoms with Crippen molar-refractivity contribution in [1.29, 1.82) is 5.26 Å².